The Balaban J connectivity index is 0.00000220. The van der Waals surface area contributed by atoms with Crippen LogP contribution in [0.2, 0.25) is 0 Å². The normalized spacial score (nSPS) is 25.6. The van der Waals surface area contributed by atoms with E-state index in [0.29, 0.717) is 19.5 Å². The van der Waals surface area contributed by atoms with Gasteiger partial charge in [-0.2, -0.15) is 0 Å². The summed E-state index contributed by atoms with van der Waals surface area (Å²) in [6, 6.07) is 0.212. The molecule has 0 bridgehead atoms. The lowest BCUT2D eigenvalue weighted by Gasteiger charge is -2.35. The van der Waals surface area contributed by atoms with E-state index in [4.69, 9.17) is 5.73 Å². The molecule has 6 heteroatoms. The molecular weight excluding hydrogens is 290 g/mol. The lowest BCUT2D eigenvalue weighted by Crippen LogP contribution is -2.49. The number of rotatable bonds is 4. The second-order valence-electron chi connectivity index (χ2n) is 5.99. The first-order valence-corrected chi connectivity index (χ1v) is 7.95. The van der Waals surface area contributed by atoms with Gasteiger partial charge in [0.2, 0.25) is 11.8 Å². The third kappa shape index (κ3) is 4.33. The first-order valence-electron chi connectivity index (χ1n) is 7.95. The number of likely N-dealkylation sites (tertiary alicyclic amines) is 2. The number of hydrogen-bond acceptors (Lipinski definition) is 3. The van der Waals surface area contributed by atoms with Crippen molar-refractivity contribution in [2.75, 3.05) is 26.2 Å². The van der Waals surface area contributed by atoms with Crippen molar-refractivity contribution in [2.45, 2.75) is 51.5 Å². The van der Waals surface area contributed by atoms with Gasteiger partial charge in [-0.25, -0.2) is 0 Å². The summed E-state index contributed by atoms with van der Waals surface area (Å²) in [4.78, 5) is 28.5. The van der Waals surface area contributed by atoms with Gasteiger partial charge in [-0.15, -0.1) is 12.4 Å². The van der Waals surface area contributed by atoms with E-state index in [1.165, 1.54) is 0 Å². The van der Waals surface area contributed by atoms with Crippen LogP contribution in [-0.2, 0) is 9.59 Å². The molecule has 0 radical (unpaired) electrons. The van der Waals surface area contributed by atoms with E-state index in [1.807, 2.05) is 16.7 Å². The number of nitrogens with two attached hydrogens (primary N) is 1. The molecular formula is C15H28ClN3O2. The van der Waals surface area contributed by atoms with Crippen molar-refractivity contribution in [1.29, 1.82) is 0 Å². The van der Waals surface area contributed by atoms with E-state index in [9.17, 15) is 9.59 Å². The minimum atomic E-state index is -0.0169. The minimum absolute atomic E-state index is 0. The minimum Gasteiger partial charge on any atom is -0.342 e. The highest BCUT2D eigenvalue weighted by atomic mass is 35.5. The van der Waals surface area contributed by atoms with Crippen LogP contribution in [0.4, 0.5) is 0 Å². The maximum atomic E-state index is 12.6. The Morgan fingerprint density at radius 1 is 1.19 bits per heavy atom. The highest BCUT2D eigenvalue weighted by Gasteiger charge is 2.35. The molecule has 2 aliphatic heterocycles. The average Bonchev–Trinajstić information content (AvgIpc) is 2.95. The van der Waals surface area contributed by atoms with E-state index < -0.39 is 0 Å². The summed E-state index contributed by atoms with van der Waals surface area (Å²) in [5.41, 5.74) is 5.75. The Labute approximate surface area is 133 Å². The maximum absolute atomic E-state index is 12.6. The summed E-state index contributed by atoms with van der Waals surface area (Å²) in [5, 5.41) is 0. The zero-order valence-electron chi connectivity index (χ0n) is 12.9. The SMILES string of the molecule is CCCC(=O)N1CCCC(C(=O)N2CCCC2CN)C1.Cl. The first kappa shape index (κ1) is 18.2. The highest BCUT2D eigenvalue weighted by Crippen LogP contribution is 2.24. The first-order chi connectivity index (χ1) is 9.67. The second kappa shape index (κ2) is 8.59. The summed E-state index contributed by atoms with van der Waals surface area (Å²) >= 11 is 0. The van der Waals surface area contributed by atoms with E-state index in [0.717, 1.165) is 45.2 Å². The number of piperidine rings is 1. The largest absolute Gasteiger partial charge is 0.342 e. The molecule has 2 fully saturated rings. The van der Waals surface area contributed by atoms with E-state index in [1.54, 1.807) is 0 Å². The summed E-state index contributed by atoms with van der Waals surface area (Å²) in [6.45, 7) is 4.81. The van der Waals surface area contributed by atoms with Crippen LogP contribution in [0.3, 0.4) is 0 Å². The van der Waals surface area contributed by atoms with Gasteiger partial charge < -0.3 is 15.5 Å². The van der Waals surface area contributed by atoms with Crippen molar-refractivity contribution in [3.8, 4) is 0 Å². The Kier molecular flexibility index (Phi) is 7.46. The number of carbonyl (C=O) groups excluding carboxylic acids is 2. The third-order valence-electron chi connectivity index (χ3n) is 4.52. The maximum Gasteiger partial charge on any atom is 0.227 e. The molecule has 2 amide bonds. The van der Waals surface area contributed by atoms with Gasteiger partial charge in [-0.05, 0) is 32.1 Å². The molecule has 0 aliphatic carbocycles. The topological polar surface area (TPSA) is 66.6 Å². The van der Waals surface area contributed by atoms with Crippen LogP contribution in [-0.4, -0.2) is 53.8 Å². The Morgan fingerprint density at radius 2 is 1.90 bits per heavy atom. The van der Waals surface area contributed by atoms with Crippen molar-refractivity contribution in [2.24, 2.45) is 11.7 Å². The van der Waals surface area contributed by atoms with Crippen molar-refractivity contribution in [3.63, 3.8) is 0 Å². The van der Waals surface area contributed by atoms with Gasteiger partial charge in [-0.1, -0.05) is 6.92 Å². The summed E-state index contributed by atoms with van der Waals surface area (Å²) in [7, 11) is 0. The van der Waals surface area contributed by atoms with Gasteiger partial charge in [0.25, 0.3) is 0 Å². The molecule has 0 spiro atoms. The van der Waals surface area contributed by atoms with E-state index in [2.05, 4.69) is 0 Å². The fourth-order valence-electron chi connectivity index (χ4n) is 3.38. The summed E-state index contributed by atoms with van der Waals surface area (Å²) in [5.74, 6) is 0.394. The zero-order chi connectivity index (χ0) is 14.5. The lowest BCUT2D eigenvalue weighted by molar-refractivity contribution is -0.141. The molecule has 2 rings (SSSR count). The smallest absolute Gasteiger partial charge is 0.227 e. The predicted molar refractivity (Wildman–Crippen MR) is 85.2 cm³/mol. The summed E-state index contributed by atoms with van der Waals surface area (Å²) in [6.07, 6.45) is 5.38. The molecule has 0 saturated carbocycles. The molecule has 2 N–H and O–H groups in total. The quantitative estimate of drug-likeness (QED) is 0.852. The van der Waals surface area contributed by atoms with E-state index in [-0.39, 0.29) is 36.2 Å². The van der Waals surface area contributed by atoms with Crippen molar-refractivity contribution >= 4 is 24.2 Å². The predicted octanol–water partition coefficient (Wildman–Crippen LogP) is 1.40. The highest BCUT2D eigenvalue weighted by molar-refractivity contribution is 5.85. The molecule has 21 heavy (non-hydrogen) atoms. The van der Waals surface area contributed by atoms with Crippen LogP contribution in [0.25, 0.3) is 0 Å². The fourth-order valence-corrected chi connectivity index (χ4v) is 3.38. The van der Waals surface area contributed by atoms with Crippen molar-refractivity contribution in [1.82, 2.24) is 9.80 Å². The summed E-state index contributed by atoms with van der Waals surface area (Å²) < 4.78 is 0. The van der Waals surface area contributed by atoms with Crippen molar-refractivity contribution in [3.05, 3.63) is 0 Å². The van der Waals surface area contributed by atoms with Crippen molar-refractivity contribution < 1.29 is 9.59 Å². The number of halogens is 1. The van der Waals surface area contributed by atoms with Crippen LogP contribution >= 0.6 is 12.4 Å². The molecule has 2 heterocycles. The Hall–Kier alpha value is -0.810. The molecule has 0 aromatic rings. The standard InChI is InChI=1S/C15H27N3O2.ClH/c1-2-5-14(19)17-8-3-6-12(11-17)15(20)18-9-4-7-13(18)10-16;/h12-13H,2-11,16H2,1H3;1H. The van der Waals surface area contributed by atoms with Gasteiger partial charge in [0.15, 0.2) is 0 Å². The van der Waals surface area contributed by atoms with Gasteiger partial charge in [0.1, 0.15) is 0 Å². The number of nitrogens with zero attached hydrogens (tertiary/aromatic N) is 2. The van der Waals surface area contributed by atoms with Crippen LogP contribution in [0, 0.1) is 5.92 Å². The molecule has 2 atom stereocenters. The van der Waals surface area contributed by atoms with Crippen LogP contribution in [0.1, 0.15) is 45.4 Å². The molecule has 0 aromatic carbocycles. The number of carbonyl (C=O) groups is 2. The second-order valence-corrected chi connectivity index (χ2v) is 5.99. The van der Waals surface area contributed by atoms with Crippen LogP contribution < -0.4 is 5.73 Å². The molecule has 0 aromatic heterocycles. The van der Waals surface area contributed by atoms with Crippen LogP contribution in [0.15, 0.2) is 0 Å². The number of hydrogen-bond donors (Lipinski definition) is 1. The molecule has 122 valence electrons. The van der Waals surface area contributed by atoms with Gasteiger partial charge in [-0.3, -0.25) is 9.59 Å². The zero-order valence-corrected chi connectivity index (χ0v) is 13.7. The third-order valence-corrected chi connectivity index (χ3v) is 4.52. The molecule has 5 nitrogen and oxygen atoms in total. The number of amides is 2. The lowest BCUT2D eigenvalue weighted by atomic mass is 9.95. The van der Waals surface area contributed by atoms with Gasteiger partial charge >= 0.3 is 0 Å². The Morgan fingerprint density at radius 3 is 2.57 bits per heavy atom. The Bertz CT molecular complexity index is 365. The van der Waals surface area contributed by atoms with Gasteiger partial charge in [0.05, 0.1) is 5.92 Å². The van der Waals surface area contributed by atoms with Gasteiger partial charge in [0, 0.05) is 38.6 Å². The van der Waals surface area contributed by atoms with Crippen LogP contribution in [0.5, 0.6) is 0 Å². The fraction of sp³-hybridized carbons (Fsp3) is 0.867. The molecule has 2 unspecified atom stereocenters. The molecule has 2 aliphatic rings. The monoisotopic (exact) mass is 317 g/mol. The average molecular weight is 318 g/mol. The van der Waals surface area contributed by atoms with E-state index >= 15 is 0 Å². The molecule has 2 saturated heterocycles.